The SMILES string of the molecule is Nc1cc(F)ccc1NC(=O)CCCCCNC(=O)c1cc(-c2ccc(-n3cccc3)cc2)n[nH]1. The van der Waals surface area contributed by atoms with Crippen molar-refractivity contribution in [2.75, 3.05) is 17.6 Å². The molecule has 2 amide bonds. The van der Waals surface area contributed by atoms with E-state index >= 15 is 0 Å². The zero-order valence-corrected chi connectivity index (χ0v) is 19.1. The number of amides is 2. The highest BCUT2D eigenvalue weighted by Crippen LogP contribution is 2.21. The lowest BCUT2D eigenvalue weighted by atomic mass is 10.1. The molecule has 0 unspecified atom stereocenters. The highest BCUT2D eigenvalue weighted by atomic mass is 19.1. The van der Waals surface area contributed by atoms with Crippen LogP contribution in [-0.4, -0.2) is 33.1 Å². The Labute approximate surface area is 202 Å². The van der Waals surface area contributed by atoms with Crippen molar-refractivity contribution in [1.82, 2.24) is 20.1 Å². The van der Waals surface area contributed by atoms with E-state index in [9.17, 15) is 14.0 Å². The molecule has 0 aliphatic rings. The van der Waals surface area contributed by atoms with Crippen LogP contribution in [0.2, 0.25) is 0 Å². The summed E-state index contributed by atoms with van der Waals surface area (Å²) in [5, 5.41) is 12.6. The molecule has 9 heteroatoms. The second-order valence-corrected chi connectivity index (χ2v) is 8.15. The molecule has 35 heavy (non-hydrogen) atoms. The van der Waals surface area contributed by atoms with Crippen LogP contribution in [0.15, 0.2) is 73.1 Å². The first-order valence-corrected chi connectivity index (χ1v) is 11.4. The average molecular weight is 475 g/mol. The molecule has 8 nitrogen and oxygen atoms in total. The van der Waals surface area contributed by atoms with Gasteiger partial charge in [-0.3, -0.25) is 14.7 Å². The van der Waals surface area contributed by atoms with Gasteiger partial charge >= 0.3 is 0 Å². The van der Waals surface area contributed by atoms with E-state index in [1.807, 2.05) is 53.4 Å². The number of unbranched alkanes of at least 4 members (excludes halogenated alkanes) is 2. The number of carbonyl (C=O) groups excluding carboxylic acids is 2. The summed E-state index contributed by atoms with van der Waals surface area (Å²) in [4.78, 5) is 24.4. The summed E-state index contributed by atoms with van der Waals surface area (Å²) in [6, 6.07) is 17.5. The minimum Gasteiger partial charge on any atom is -0.397 e. The maximum Gasteiger partial charge on any atom is 0.269 e. The van der Waals surface area contributed by atoms with Crippen LogP contribution in [0.4, 0.5) is 15.8 Å². The van der Waals surface area contributed by atoms with Crippen molar-refractivity contribution in [1.29, 1.82) is 0 Å². The molecule has 0 fully saturated rings. The molecular weight excluding hydrogens is 447 g/mol. The van der Waals surface area contributed by atoms with Gasteiger partial charge in [0.1, 0.15) is 11.5 Å². The van der Waals surface area contributed by atoms with E-state index in [1.165, 1.54) is 18.2 Å². The van der Waals surface area contributed by atoms with E-state index in [1.54, 1.807) is 6.07 Å². The number of aromatic amines is 1. The van der Waals surface area contributed by atoms with Gasteiger partial charge in [-0.25, -0.2) is 4.39 Å². The van der Waals surface area contributed by atoms with Crippen LogP contribution in [0.1, 0.15) is 36.2 Å². The molecule has 4 aromatic rings. The van der Waals surface area contributed by atoms with Gasteiger partial charge in [-0.2, -0.15) is 5.10 Å². The molecular formula is C26H27FN6O2. The Morgan fingerprint density at radius 2 is 1.77 bits per heavy atom. The molecule has 2 heterocycles. The molecule has 0 saturated heterocycles. The monoisotopic (exact) mass is 474 g/mol. The minimum atomic E-state index is -0.448. The number of carbonyl (C=O) groups is 2. The fourth-order valence-corrected chi connectivity index (χ4v) is 3.64. The van der Waals surface area contributed by atoms with Crippen LogP contribution in [0, 0.1) is 5.82 Å². The van der Waals surface area contributed by atoms with E-state index < -0.39 is 5.82 Å². The lowest BCUT2D eigenvalue weighted by Crippen LogP contribution is -2.24. The van der Waals surface area contributed by atoms with Gasteiger partial charge in [0.25, 0.3) is 5.91 Å². The van der Waals surface area contributed by atoms with Crippen molar-refractivity contribution < 1.29 is 14.0 Å². The normalized spacial score (nSPS) is 10.8. The van der Waals surface area contributed by atoms with Crippen LogP contribution in [-0.2, 0) is 4.79 Å². The van der Waals surface area contributed by atoms with Gasteiger partial charge < -0.3 is 20.9 Å². The predicted molar refractivity (Wildman–Crippen MR) is 134 cm³/mol. The van der Waals surface area contributed by atoms with Gasteiger partial charge in [0.2, 0.25) is 5.91 Å². The highest BCUT2D eigenvalue weighted by Gasteiger charge is 2.11. The van der Waals surface area contributed by atoms with Crippen molar-refractivity contribution >= 4 is 23.2 Å². The summed E-state index contributed by atoms with van der Waals surface area (Å²) >= 11 is 0. The number of hydrogen-bond donors (Lipinski definition) is 4. The van der Waals surface area contributed by atoms with Crippen LogP contribution in [0.3, 0.4) is 0 Å². The number of nitrogen functional groups attached to an aromatic ring is 1. The Kier molecular flexibility index (Phi) is 7.57. The predicted octanol–water partition coefficient (Wildman–Crippen LogP) is 4.52. The quantitative estimate of drug-likeness (QED) is 0.200. The van der Waals surface area contributed by atoms with Crippen molar-refractivity contribution in [3.8, 4) is 16.9 Å². The second-order valence-electron chi connectivity index (χ2n) is 8.15. The van der Waals surface area contributed by atoms with Gasteiger partial charge in [0.05, 0.1) is 17.1 Å². The fourth-order valence-electron chi connectivity index (χ4n) is 3.64. The third-order valence-corrected chi connectivity index (χ3v) is 5.54. The molecule has 0 radical (unpaired) electrons. The summed E-state index contributed by atoms with van der Waals surface area (Å²) in [5.41, 5.74) is 9.34. The second kappa shape index (κ2) is 11.1. The Morgan fingerprint density at radius 1 is 1.00 bits per heavy atom. The standard InChI is InChI=1S/C26H27FN6O2/c27-19-9-12-22(21(28)16-19)30-25(34)6-2-1-3-13-29-26(35)24-17-23(31-32-24)18-7-10-20(11-8-18)33-14-4-5-15-33/h4-5,7-12,14-17H,1-3,6,13,28H2,(H,29,35)(H,30,34)(H,31,32). The Morgan fingerprint density at radius 3 is 2.51 bits per heavy atom. The first kappa shape index (κ1) is 23.7. The van der Waals surface area contributed by atoms with Gasteiger partial charge in [-0.05, 0) is 61.4 Å². The Balaban J connectivity index is 1.16. The van der Waals surface area contributed by atoms with Crippen LogP contribution in [0.5, 0.6) is 0 Å². The molecule has 0 bridgehead atoms. The topological polar surface area (TPSA) is 118 Å². The molecule has 0 aliphatic carbocycles. The summed E-state index contributed by atoms with van der Waals surface area (Å²) in [6.45, 7) is 0.491. The Hall–Kier alpha value is -4.40. The van der Waals surface area contributed by atoms with E-state index in [0.717, 1.165) is 24.1 Å². The number of nitrogens with one attached hydrogen (secondary N) is 3. The number of H-pyrrole nitrogens is 1. The number of nitrogens with zero attached hydrogens (tertiary/aromatic N) is 2. The zero-order chi connectivity index (χ0) is 24.6. The molecule has 0 spiro atoms. The van der Waals surface area contributed by atoms with Crippen LogP contribution >= 0.6 is 0 Å². The third-order valence-electron chi connectivity index (χ3n) is 5.54. The average Bonchev–Trinajstić information content (AvgIpc) is 3.56. The van der Waals surface area contributed by atoms with Gasteiger partial charge in [-0.15, -0.1) is 0 Å². The Bertz CT molecular complexity index is 1280. The van der Waals surface area contributed by atoms with E-state index in [-0.39, 0.29) is 17.5 Å². The molecule has 2 aromatic heterocycles. The smallest absolute Gasteiger partial charge is 0.269 e. The molecule has 4 rings (SSSR count). The summed E-state index contributed by atoms with van der Waals surface area (Å²) < 4.78 is 15.1. The van der Waals surface area contributed by atoms with E-state index in [4.69, 9.17) is 5.73 Å². The summed E-state index contributed by atoms with van der Waals surface area (Å²) in [7, 11) is 0. The van der Waals surface area contributed by atoms with Crippen LogP contribution in [0.25, 0.3) is 16.9 Å². The first-order chi connectivity index (χ1) is 17.0. The molecule has 2 aromatic carbocycles. The molecule has 0 saturated carbocycles. The third kappa shape index (κ3) is 6.35. The number of halogens is 1. The maximum atomic E-state index is 13.1. The number of anilines is 2. The van der Waals surface area contributed by atoms with Crippen molar-refractivity contribution in [2.24, 2.45) is 0 Å². The van der Waals surface area contributed by atoms with Gasteiger partial charge in [0, 0.05) is 36.6 Å². The zero-order valence-electron chi connectivity index (χ0n) is 19.1. The molecule has 180 valence electrons. The van der Waals surface area contributed by atoms with Gasteiger partial charge in [0.15, 0.2) is 0 Å². The minimum absolute atomic E-state index is 0.182. The largest absolute Gasteiger partial charge is 0.397 e. The number of aromatic nitrogens is 3. The lowest BCUT2D eigenvalue weighted by Gasteiger charge is -2.08. The number of benzene rings is 2. The molecule has 0 atom stereocenters. The first-order valence-electron chi connectivity index (χ1n) is 11.4. The summed E-state index contributed by atoms with van der Waals surface area (Å²) in [6.07, 6.45) is 6.44. The van der Waals surface area contributed by atoms with Crippen molar-refractivity contribution in [2.45, 2.75) is 25.7 Å². The maximum absolute atomic E-state index is 13.1. The number of rotatable bonds is 10. The number of nitrogens with two attached hydrogens (primary N) is 1. The van der Waals surface area contributed by atoms with Crippen molar-refractivity contribution in [3.05, 3.63) is 84.6 Å². The van der Waals surface area contributed by atoms with E-state index in [0.29, 0.717) is 36.5 Å². The lowest BCUT2D eigenvalue weighted by molar-refractivity contribution is -0.116. The molecule has 5 N–H and O–H groups in total. The fraction of sp³-hybridized carbons (Fsp3) is 0.192. The highest BCUT2D eigenvalue weighted by molar-refractivity contribution is 5.94. The van der Waals surface area contributed by atoms with Crippen LogP contribution < -0.4 is 16.4 Å². The number of hydrogen-bond acceptors (Lipinski definition) is 4. The van der Waals surface area contributed by atoms with Gasteiger partial charge in [-0.1, -0.05) is 18.6 Å². The molecule has 0 aliphatic heterocycles. The van der Waals surface area contributed by atoms with E-state index in [2.05, 4.69) is 20.8 Å². The summed E-state index contributed by atoms with van der Waals surface area (Å²) in [5.74, 6) is -0.854. The van der Waals surface area contributed by atoms with Crippen molar-refractivity contribution in [3.63, 3.8) is 0 Å².